The first-order valence-electron chi connectivity index (χ1n) is 13.3. The molecule has 0 amide bonds. The minimum Gasteiger partial charge on any atom is -1.00 e. The Balaban J connectivity index is 0.000000699. The smallest absolute Gasteiger partial charge is 1.00 e. The molecule has 250 valence electrons. The summed E-state index contributed by atoms with van der Waals surface area (Å²) in [7, 11) is 0. The van der Waals surface area contributed by atoms with Crippen molar-refractivity contribution in [2.24, 2.45) is 11.8 Å². The Hall–Kier alpha value is -0.787. The summed E-state index contributed by atoms with van der Waals surface area (Å²) in [6.07, 6.45) is -2.02. The summed E-state index contributed by atoms with van der Waals surface area (Å²) in [5.41, 5.74) is 0.378. The second kappa shape index (κ2) is 20.2. The number of carbonyl (C=O) groups excluding carboxylic acids is 6. The van der Waals surface area contributed by atoms with Gasteiger partial charge in [-0.2, -0.15) is 0 Å². The van der Waals surface area contributed by atoms with E-state index in [0.717, 1.165) is 0 Å². The molecule has 6 fully saturated rings. The number of carboxylic acids is 1. The van der Waals surface area contributed by atoms with Gasteiger partial charge in [0.05, 0.1) is 24.0 Å². The molecule has 6 heterocycles. The summed E-state index contributed by atoms with van der Waals surface area (Å²) in [5.74, 6) is -3.91. The van der Waals surface area contributed by atoms with Crippen molar-refractivity contribution in [3.8, 4) is 0 Å². The van der Waals surface area contributed by atoms with Gasteiger partial charge in [-0.25, -0.2) is 14.4 Å². The van der Waals surface area contributed by atoms with E-state index in [1.165, 1.54) is 13.8 Å². The van der Waals surface area contributed by atoms with Gasteiger partial charge in [-0.05, 0) is 26.7 Å². The summed E-state index contributed by atoms with van der Waals surface area (Å²) in [4.78, 5) is 77.5. The number of rotatable bonds is 8. The van der Waals surface area contributed by atoms with Crippen molar-refractivity contribution in [2.75, 3.05) is 12.5 Å². The second-order valence-corrected chi connectivity index (χ2v) is 10.7. The largest absolute Gasteiger partial charge is 1.00 e. The van der Waals surface area contributed by atoms with Crippen molar-refractivity contribution in [3.63, 3.8) is 0 Å². The molecule has 0 radical (unpaired) electrons. The van der Waals surface area contributed by atoms with E-state index in [0.29, 0.717) is 12.8 Å². The molecule has 0 aliphatic carbocycles. The molecular formula is C27H31ClK2O17. The SMILES string of the molecule is C=C(C)C(=O)O.C=C(C)C(=O)OCC(=O)OC1C2CC3C(=O)OC1C3O2.O=C(CCl)OC1C2CC3C(=O)OC1C3O2.O=CO[O-].[H-].[K+].[K+]. The van der Waals surface area contributed by atoms with Gasteiger partial charge in [-0.15, -0.1) is 11.6 Å². The fraction of sp³-hybridized carbons (Fsp3) is 0.593. The topological polar surface area (TPSA) is 237 Å². The van der Waals surface area contributed by atoms with Crippen molar-refractivity contribution in [1.82, 2.24) is 0 Å². The van der Waals surface area contributed by atoms with Gasteiger partial charge >= 0.3 is 139 Å². The van der Waals surface area contributed by atoms with Crippen molar-refractivity contribution >= 4 is 53.9 Å². The predicted octanol–water partition coefficient (Wildman–Crippen LogP) is -7.22. The van der Waals surface area contributed by atoms with Crippen molar-refractivity contribution < 1.29 is 186 Å². The van der Waals surface area contributed by atoms with Gasteiger partial charge in [0, 0.05) is 11.1 Å². The van der Waals surface area contributed by atoms with E-state index >= 15 is 0 Å². The average Bonchev–Trinajstić information content (AvgIpc) is 3.82. The second-order valence-electron chi connectivity index (χ2n) is 10.4. The van der Waals surface area contributed by atoms with Crippen LogP contribution in [0.4, 0.5) is 0 Å². The number of ether oxygens (including phenoxy) is 7. The van der Waals surface area contributed by atoms with E-state index in [1.807, 2.05) is 0 Å². The quantitative estimate of drug-likeness (QED) is 0.0356. The van der Waals surface area contributed by atoms with E-state index < -0.39 is 54.9 Å². The monoisotopic (exact) mass is 740 g/mol. The molecule has 0 aromatic heterocycles. The maximum Gasteiger partial charge on any atom is 1.00 e. The molecule has 6 rings (SSSR count). The molecule has 0 saturated carbocycles. The first-order valence-corrected chi connectivity index (χ1v) is 13.9. The maximum absolute atomic E-state index is 11.6. The van der Waals surface area contributed by atoms with Crippen LogP contribution in [-0.2, 0) is 71.6 Å². The summed E-state index contributed by atoms with van der Waals surface area (Å²) in [6.45, 7) is 8.81. The fourth-order valence-corrected chi connectivity index (χ4v) is 5.44. The number of hydrogen-bond donors (Lipinski definition) is 1. The Morgan fingerprint density at radius 2 is 1.30 bits per heavy atom. The minimum atomic E-state index is -0.935. The first-order chi connectivity index (χ1) is 21.2. The number of fused-ring (bicyclic) bond motifs is 2. The third-order valence-corrected chi connectivity index (χ3v) is 7.50. The van der Waals surface area contributed by atoms with Crippen molar-refractivity contribution in [2.45, 2.75) is 75.5 Å². The van der Waals surface area contributed by atoms with Gasteiger partial charge in [-0.1, -0.05) is 13.2 Å². The van der Waals surface area contributed by atoms with Gasteiger partial charge in [-0.3, -0.25) is 19.2 Å². The summed E-state index contributed by atoms with van der Waals surface area (Å²) >= 11 is 5.34. The van der Waals surface area contributed by atoms with E-state index in [-0.39, 0.29) is 176 Å². The molecule has 0 spiro atoms. The molecule has 6 saturated heterocycles. The van der Waals surface area contributed by atoms with Crippen LogP contribution in [0.5, 0.6) is 0 Å². The number of alkyl halides is 1. The van der Waals surface area contributed by atoms with Crippen LogP contribution >= 0.6 is 11.6 Å². The number of carbonyl (C=O) groups is 7. The molecule has 4 bridgehead atoms. The van der Waals surface area contributed by atoms with Gasteiger partial charge in [0.1, 0.15) is 18.1 Å². The van der Waals surface area contributed by atoms with Crippen LogP contribution in [0.1, 0.15) is 28.1 Å². The average molecular weight is 741 g/mol. The molecule has 17 nitrogen and oxygen atoms in total. The zero-order valence-corrected chi connectivity index (χ0v) is 33.0. The molecule has 10 atom stereocenters. The molecule has 0 aromatic rings. The standard InChI is InChI=1S/C13H14O7.C9H9ClO5.C4H6O2.CH2O3.2K.H/c1-5(2)12(15)17-4-8(14)19-10-7-3-6-9(18-7)11(10)20-13(6)16;10-2-5(11)14-7-4-1-3-6(13-4)8(7)15-9(3)12;1-3(2)4(5)6;2-1-4-3;;;/h6-7,9-11H,1,3-4H2,2H3;3-4,6-8H,1-2H2;1H2,2H3,(H,5,6);1,3H;;;/q;;;;2*+1;-1/p-1. The third kappa shape index (κ3) is 11.1. The molecule has 0 aromatic carbocycles. The van der Waals surface area contributed by atoms with Crippen LogP contribution in [0.3, 0.4) is 0 Å². The predicted molar refractivity (Wildman–Crippen MR) is 140 cm³/mol. The van der Waals surface area contributed by atoms with Crippen LogP contribution in [0.2, 0.25) is 0 Å². The molecule has 10 unspecified atom stereocenters. The molecule has 1 N–H and O–H groups in total. The van der Waals surface area contributed by atoms with Crippen LogP contribution < -0.4 is 108 Å². The van der Waals surface area contributed by atoms with Crippen molar-refractivity contribution in [1.29, 1.82) is 0 Å². The summed E-state index contributed by atoms with van der Waals surface area (Å²) < 4.78 is 36.4. The fourth-order valence-electron chi connectivity index (χ4n) is 5.38. The molecule has 6 aliphatic heterocycles. The Bertz CT molecular complexity index is 1240. The Morgan fingerprint density at radius 3 is 1.64 bits per heavy atom. The Labute approximate surface area is 359 Å². The van der Waals surface area contributed by atoms with E-state index in [2.05, 4.69) is 18.0 Å². The molecule has 6 aliphatic rings. The minimum absolute atomic E-state index is 0. The Kier molecular flexibility index (Phi) is 19.0. The summed E-state index contributed by atoms with van der Waals surface area (Å²) in [6, 6.07) is 0. The van der Waals surface area contributed by atoms with E-state index in [4.69, 9.17) is 59.9 Å². The normalized spacial score (nSPS) is 31.6. The number of hydrogen-bond acceptors (Lipinski definition) is 16. The number of carboxylic acid groups (broad SMARTS) is 1. The van der Waals surface area contributed by atoms with Gasteiger partial charge < -0.3 is 49.8 Å². The molecular weight excluding hydrogens is 710 g/mol. The zero-order chi connectivity index (χ0) is 33.6. The van der Waals surface area contributed by atoms with E-state index in [1.54, 1.807) is 0 Å². The number of esters is 5. The van der Waals surface area contributed by atoms with E-state index in [9.17, 15) is 28.8 Å². The number of aliphatic carboxylic acids is 1. The third-order valence-electron chi connectivity index (χ3n) is 7.29. The zero-order valence-electron chi connectivity index (χ0n) is 27.0. The first kappa shape index (κ1) is 44.2. The van der Waals surface area contributed by atoms with Gasteiger partial charge in [0.25, 0.3) is 6.47 Å². The van der Waals surface area contributed by atoms with Crippen LogP contribution in [0.25, 0.3) is 0 Å². The van der Waals surface area contributed by atoms with Crippen LogP contribution in [-0.4, -0.2) is 109 Å². The molecule has 20 heteroatoms. The summed E-state index contributed by atoms with van der Waals surface area (Å²) in [5, 5.41) is 16.3. The van der Waals surface area contributed by atoms with Crippen molar-refractivity contribution in [3.05, 3.63) is 24.3 Å². The van der Waals surface area contributed by atoms with Gasteiger partial charge in [0.15, 0.2) is 31.0 Å². The molecule has 47 heavy (non-hydrogen) atoms. The maximum atomic E-state index is 11.6. The van der Waals surface area contributed by atoms with Crippen LogP contribution in [0.15, 0.2) is 24.3 Å². The number of halogens is 1. The van der Waals surface area contributed by atoms with Crippen LogP contribution in [0, 0.1) is 11.8 Å². The van der Waals surface area contributed by atoms with Gasteiger partial charge in [0.2, 0.25) is 0 Å². The Morgan fingerprint density at radius 1 is 0.894 bits per heavy atom.